The number of amides is 1. The zero-order valence-corrected chi connectivity index (χ0v) is 20.1. The second-order valence-corrected chi connectivity index (χ2v) is 8.48. The Morgan fingerprint density at radius 1 is 0.917 bits per heavy atom. The van der Waals surface area contributed by atoms with Crippen molar-refractivity contribution < 1.29 is 4.79 Å². The fourth-order valence-electron chi connectivity index (χ4n) is 4.10. The van der Waals surface area contributed by atoms with Crippen LogP contribution in [0.3, 0.4) is 0 Å². The summed E-state index contributed by atoms with van der Waals surface area (Å²) >= 11 is 0. The van der Waals surface area contributed by atoms with Gasteiger partial charge in [0.1, 0.15) is 11.5 Å². The van der Waals surface area contributed by atoms with Gasteiger partial charge in [0.05, 0.1) is 13.1 Å². The standard InChI is InChI=1S/C28H29N5O3/c1-2-17-32(19-24(34)30-23-15-13-22(14-16-23)21-11-7-4-8-12-21)25-26(29)33(28(36)31-27(25)35)18-20-9-5-3-6-10-20/h3-16H,2,17-19,29H2,1H3,(H,30,34)(H,31,35,36). The summed E-state index contributed by atoms with van der Waals surface area (Å²) in [4.78, 5) is 42.2. The zero-order valence-electron chi connectivity index (χ0n) is 20.1. The number of hydrogen-bond donors (Lipinski definition) is 3. The van der Waals surface area contributed by atoms with E-state index in [1.54, 1.807) is 4.90 Å². The molecule has 0 spiro atoms. The molecule has 1 aromatic heterocycles. The van der Waals surface area contributed by atoms with E-state index in [0.29, 0.717) is 18.7 Å². The van der Waals surface area contributed by atoms with Crippen LogP contribution in [0.4, 0.5) is 17.2 Å². The highest BCUT2D eigenvalue weighted by Gasteiger charge is 2.21. The Bertz CT molecular complexity index is 1430. The number of hydrogen-bond acceptors (Lipinski definition) is 5. The number of anilines is 3. The molecule has 0 radical (unpaired) electrons. The third-order valence-corrected chi connectivity index (χ3v) is 5.82. The van der Waals surface area contributed by atoms with E-state index in [4.69, 9.17) is 5.73 Å². The van der Waals surface area contributed by atoms with Crippen molar-refractivity contribution >= 4 is 23.1 Å². The van der Waals surface area contributed by atoms with Gasteiger partial charge in [-0.05, 0) is 35.2 Å². The molecule has 0 fully saturated rings. The number of nitrogens with one attached hydrogen (secondary N) is 2. The average Bonchev–Trinajstić information content (AvgIpc) is 2.88. The molecule has 8 heteroatoms. The molecular formula is C28H29N5O3. The van der Waals surface area contributed by atoms with Gasteiger partial charge in [0.2, 0.25) is 5.91 Å². The van der Waals surface area contributed by atoms with Gasteiger partial charge in [-0.25, -0.2) is 4.79 Å². The molecule has 0 saturated heterocycles. The predicted molar refractivity (Wildman–Crippen MR) is 144 cm³/mol. The van der Waals surface area contributed by atoms with E-state index in [1.807, 2.05) is 91.9 Å². The number of benzene rings is 3. The van der Waals surface area contributed by atoms with Crippen LogP contribution in [-0.4, -0.2) is 28.5 Å². The summed E-state index contributed by atoms with van der Waals surface area (Å²) in [5, 5.41) is 2.88. The van der Waals surface area contributed by atoms with Gasteiger partial charge in [-0.1, -0.05) is 79.7 Å². The van der Waals surface area contributed by atoms with Crippen molar-refractivity contribution in [3.63, 3.8) is 0 Å². The summed E-state index contributed by atoms with van der Waals surface area (Å²) in [6, 6.07) is 26.9. The van der Waals surface area contributed by atoms with Gasteiger partial charge in [-0.3, -0.25) is 19.1 Å². The summed E-state index contributed by atoms with van der Waals surface area (Å²) < 4.78 is 1.31. The largest absolute Gasteiger partial charge is 0.383 e. The Hall–Kier alpha value is -4.59. The van der Waals surface area contributed by atoms with E-state index in [2.05, 4.69) is 10.3 Å². The molecule has 36 heavy (non-hydrogen) atoms. The van der Waals surface area contributed by atoms with Gasteiger partial charge >= 0.3 is 5.69 Å². The maximum atomic E-state index is 12.9. The number of nitrogen functional groups attached to an aromatic ring is 1. The molecule has 8 nitrogen and oxygen atoms in total. The molecular weight excluding hydrogens is 454 g/mol. The van der Waals surface area contributed by atoms with Gasteiger partial charge in [0.25, 0.3) is 5.56 Å². The zero-order chi connectivity index (χ0) is 25.5. The van der Waals surface area contributed by atoms with Crippen molar-refractivity contribution in [2.75, 3.05) is 29.0 Å². The van der Waals surface area contributed by atoms with Crippen LogP contribution >= 0.6 is 0 Å². The first-order valence-electron chi connectivity index (χ1n) is 11.8. The monoisotopic (exact) mass is 483 g/mol. The number of carbonyl (C=O) groups is 1. The van der Waals surface area contributed by atoms with E-state index in [-0.39, 0.29) is 30.5 Å². The smallest absolute Gasteiger partial charge is 0.330 e. The number of aromatic nitrogens is 2. The van der Waals surface area contributed by atoms with Gasteiger partial charge < -0.3 is 16.0 Å². The molecule has 0 bridgehead atoms. The van der Waals surface area contributed by atoms with Crippen LogP contribution < -0.4 is 27.2 Å². The Morgan fingerprint density at radius 2 is 1.53 bits per heavy atom. The normalized spacial score (nSPS) is 10.7. The summed E-state index contributed by atoms with van der Waals surface area (Å²) in [6.07, 6.45) is 0.676. The molecule has 0 unspecified atom stereocenters. The van der Waals surface area contributed by atoms with Gasteiger partial charge in [-0.15, -0.1) is 0 Å². The first-order chi connectivity index (χ1) is 17.5. The number of aromatic amines is 1. The SMILES string of the molecule is CCCN(CC(=O)Nc1ccc(-c2ccccc2)cc1)c1c(N)n(Cc2ccccc2)c(=O)[nH]c1=O. The molecule has 4 aromatic rings. The Balaban J connectivity index is 1.54. The number of nitrogens with zero attached hydrogens (tertiary/aromatic N) is 2. The quantitative estimate of drug-likeness (QED) is 0.336. The molecule has 1 heterocycles. The Morgan fingerprint density at radius 3 is 2.17 bits per heavy atom. The minimum Gasteiger partial charge on any atom is -0.383 e. The molecule has 1 amide bonds. The average molecular weight is 484 g/mol. The highest BCUT2D eigenvalue weighted by atomic mass is 16.2. The van der Waals surface area contributed by atoms with E-state index < -0.39 is 11.2 Å². The van der Waals surface area contributed by atoms with Crippen LogP contribution in [0, 0.1) is 0 Å². The summed E-state index contributed by atoms with van der Waals surface area (Å²) in [5.74, 6) is -0.267. The van der Waals surface area contributed by atoms with Crippen LogP contribution in [0.5, 0.6) is 0 Å². The highest BCUT2D eigenvalue weighted by Crippen LogP contribution is 2.22. The summed E-state index contributed by atoms with van der Waals surface area (Å²) in [6.45, 7) is 2.47. The van der Waals surface area contributed by atoms with Crippen molar-refractivity contribution in [2.24, 2.45) is 0 Å². The topological polar surface area (TPSA) is 113 Å². The van der Waals surface area contributed by atoms with E-state index in [9.17, 15) is 14.4 Å². The lowest BCUT2D eigenvalue weighted by Gasteiger charge is -2.25. The van der Waals surface area contributed by atoms with E-state index in [1.165, 1.54) is 4.57 Å². The van der Waals surface area contributed by atoms with Crippen LogP contribution in [0.1, 0.15) is 18.9 Å². The maximum absolute atomic E-state index is 12.9. The molecule has 4 rings (SSSR count). The van der Waals surface area contributed by atoms with Crippen molar-refractivity contribution in [1.29, 1.82) is 0 Å². The van der Waals surface area contributed by atoms with Gasteiger partial charge in [-0.2, -0.15) is 0 Å². The minimum absolute atomic E-state index is 0.0288. The molecule has 0 aliphatic rings. The van der Waals surface area contributed by atoms with Crippen LogP contribution in [0.25, 0.3) is 11.1 Å². The number of H-pyrrole nitrogens is 1. The number of carbonyl (C=O) groups excluding carboxylic acids is 1. The van der Waals surface area contributed by atoms with Crippen molar-refractivity contribution in [1.82, 2.24) is 9.55 Å². The maximum Gasteiger partial charge on any atom is 0.330 e. The van der Waals surface area contributed by atoms with Crippen LogP contribution in [-0.2, 0) is 11.3 Å². The lowest BCUT2D eigenvalue weighted by atomic mass is 10.1. The fourth-order valence-corrected chi connectivity index (χ4v) is 4.10. The number of nitrogens with two attached hydrogens (primary N) is 1. The Kier molecular flexibility index (Phi) is 7.65. The van der Waals surface area contributed by atoms with Crippen LogP contribution in [0.15, 0.2) is 94.5 Å². The molecule has 0 saturated carbocycles. The van der Waals surface area contributed by atoms with Gasteiger partial charge in [0, 0.05) is 12.2 Å². The van der Waals surface area contributed by atoms with Crippen molar-refractivity contribution in [3.8, 4) is 11.1 Å². The molecule has 0 atom stereocenters. The first kappa shape index (κ1) is 24.5. The summed E-state index contributed by atoms with van der Waals surface area (Å²) in [7, 11) is 0. The third kappa shape index (κ3) is 5.72. The third-order valence-electron chi connectivity index (χ3n) is 5.82. The highest BCUT2D eigenvalue weighted by molar-refractivity contribution is 5.94. The van der Waals surface area contributed by atoms with E-state index >= 15 is 0 Å². The minimum atomic E-state index is -0.615. The second kappa shape index (κ2) is 11.2. The lowest BCUT2D eigenvalue weighted by Crippen LogP contribution is -2.42. The Labute approximate surface area is 209 Å². The fraction of sp³-hybridized carbons (Fsp3) is 0.179. The van der Waals surface area contributed by atoms with E-state index in [0.717, 1.165) is 16.7 Å². The molecule has 3 aromatic carbocycles. The number of rotatable bonds is 9. The molecule has 4 N–H and O–H groups in total. The molecule has 184 valence electrons. The predicted octanol–water partition coefficient (Wildman–Crippen LogP) is 3.69. The lowest BCUT2D eigenvalue weighted by molar-refractivity contribution is -0.115. The summed E-state index contributed by atoms with van der Waals surface area (Å²) in [5.41, 5.74) is 8.88. The first-order valence-corrected chi connectivity index (χ1v) is 11.8. The van der Waals surface area contributed by atoms with Gasteiger partial charge in [0.15, 0.2) is 0 Å². The molecule has 0 aliphatic heterocycles. The van der Waals surface area contributed by atoms with Crippen molar-refractivity contribution in [2.45, 2.75) is 19.9 Å². The van der Waals surface area contributed by atoms with Crippen molar-refractivity contribution in [3.05, 3.63) is 111 Å². The molecule has 0 aliphatic carbocycles. The second-order valence-electron chi connectivity index (χ2n) is 8.48. The van der Waals surface area contributed by atoms with Crippen LogP contribution in [0.2, 0.25) is 0 Å².